The Labute approximate surface area is 104 Å². The van der Waals surface area contributed by atoms with E-state index in [1.807, 2.05) is 0 Å². The van der Waals surface area contributed by atoms with E-state index in [0.717, 1.165) is 12.3 Å². The Morgan fingerprint density at radius 3 is 3.12 bits per heavy atom. The first-order chi connectivity index (χ1) is 8.33. The van der Waals surface area contributed by atoms with Gasteiger partial charge in [0.1, 0.15) is 11.5 Å². The highest BCUT2D eigenvalue weighted by molar-refractivity contribution is 6.29. The van der Waals surface area contributed by atoms with Gasteiger partial charge in [-0.05, 0) is 12.3 Å². The van der Waals surface area contributed by atoms with E-state index in [9.17, 15) is 0 Å². The van der Waals surface area contributed by atoms with E-state index in [4.69, 9.17) is 16.3 Å². The van der Waals surface area contributed by atoms with Gasteiger partial charge in [0.2, 0.25) is 5.88 Å². The van der Waals surface area contributed by atoms with Crippen LogP contribution in [0.3, 0.4) is 0 Å². The van der Waals surface area contributed by atoms with Gasteiger partial charge in [-0.1, -0.05) is 30.9 Å². The molecule has 0 bridgehead atoms. The van der Waals surface area contributed by atoms with E-state index in [2.05, 4.69) is 15.1 Å². The average Bonchev–Trinajstić information content (AvgIpc) is 2.69. The van der Waals surface area contributed by atoms with Gasteiger partial charge in [-0.3, -0.25) is 0 Å². The number of hydrogen-bond donors (Lipinski definition) is 0. The third kappa shape index (κ3) is 2.20. The first-order valence-electron chi connectivity index (χ1n) is 5.82. The van der Waals surface area contributed by atoms with Crippen LogP contribution in [0.4, 0.5) is 0 Å². The maximum absolute atomic E-state index is 5.89. The molecule has 90 valence electrons. The van der Waals surface area contributed by atoms with Crippen molar-refractivity contribution in [2.45, 2.75) is 25.7 Å². The van der Waals surface area contributed by atoms with Crippen molar-refractivity contribution < 1.29 is 4.74 Å². The summed E-state index contributed by atoms with van der Waals surface area (Å²) in [4.78, 5) is 8.03. The van der Waals surface area contributed by atoms with Gasteiger partial charge in [-0.25, -0.2) is 0 Å². The molecule has 2 heterocycles. The lowest BCUT2D eigenvalue weighted by atomic mass is 9.83. The first kappa shape index (κ1) is 10.8. The van der Waals surface area contributed by atoms with Crippen LogP contribution in [0.25, 0.3) is 5.78 Å². The maximum atomic E-state index is 5.89. The highest BCUT2D eigenvalue weighted by Gasteiger charge is 2.17. The molecule has 1 fully saturated rings. The molecule has 2 aromatic heterocycles. The van der Waals surface area contributed by atoms with Gasteiger partial charge < -0.3 is 4.74 Å². The maximum Gasteiger partial charge on any atom is 0.256 e. The molecule has 0 aromatic carbocycles. The van der Waals surface area contributed by atoms with Crippen LogP contribution >= 0.6 is 11.6 Å². The molecular formula is C11H13ClN4O. The van der Waals surface area contributed by atoms with Gasteiger partial charge in [0, 0.05) is 6.07 Å². The fourth-order valence-corrected chi connectivity index (χ4v) is 2.14. The molecule has 0 aliphatic heterocycles. The summed E-state index contributed by atoms with van der Waals surface area (Å²) >= 11 is 5.89. The van der Waals surface area contributed by atoms with Crippen molar-refractivity contribution in [2.24, 2.45) is 5.92 Å². The second-order valence-corrected chi connectivity index (χ2v) is 4.71. The predicted molar refractivity (Wildman–Crippen MR) is 63.2 cm³/mol. The molecule has 0 amide bonds. The van der Waals surface area contributed by atoms with E-state index in [0.29, 0.717) is 23.4 Å². The SMILES string of the molecule is Clc1cc(OCCC2CCC2)n2ncnc2n1. The van der Waals surface area contributed by atoms with Gasteiger partial charge in [-0.2, -0.15) is 19.6 Å². The van der Waals surface area contributed by atoms with Crippen molar-refractivity contribution >= 4 is 17.4 Å². The molecule has 2 aromatic rings. The number of aromatic nitrogens is 4. The predicted octanol–water partition coefficient (Wildman–Crippen LogP) is 2.35. The highest BCUT2D eigenvalue weighted by Crippen LogP contribution is 2.29. The van der Waals surface area contributed by atoms with E-state index < -0.39 is 0 Å². The number of ether oxygens (including phenoxy) is 1. The summed E-state index contributed by atoms with van der Waals surface area (Å²) in [7, 11) is 0. The number of halogens is 1. The van der Waals surface area contributed by atoms with Crippen molar-refractivity contribution in [2.75, 3.05) is 6.61 Å². The standard InChI is InChI=1S/C11H13ClN4O/c12-9-6-10(16-11(15-9)13-7-14-16)17-5-4-8-2-1-3-8/h6-8H,1-5H2. The third-order valence-corrected chi connectivity index (χ3v) is 3.38. The molecule has 5 nitrogen and oxygen atoms in total. The molecule has 1 aliphatic rings. The molecule has 1 saturated carbocycles. The highest BCUT2D eigenvalue weighted by atomic mass is 35.5. The Morgan fingerprint density at radius 2 is 2.35 bits per heavy atom. The van der Waals surface area contributed by atoms with Crippen molar-refractivity contribution in [1.29, 1.82) is 0 Å². The minimum Gasteiger partial charge on any atom is -0.477 e. The van der Waals surface area contributed by atoms with Crippen LogP contribution in [0, 0.1) is 5.92 Å². The van der Waals surface area contributed by atoms with Crippen molar-refractivity contribution in [3.05, 3.63) is 17.5 Å². The summed E-state index contributed by atoms with van der Waals surface area (Å²) in [5.74, 6) is 1.91. The largest absolute Gasteiger partial charge is 0.477 e. The van der Waals surface area contributed by atoms with Gasteiger partial charge in [0.05, 0.1) is 6.61 Å². The van der Waals surface area contributed by atoms with Crippen molar-refractivity contribution in [1.82, 2.24) is 19.6 Å². The van der Waals surface area contributed by atoms with Crippen LogP contribution in [0.15, 0.2) is 12.4 Å². The Hall–Kier alpha value is -1.36. The number of rotatable bonds is 4. The van der Waals surface area contributed by atoms with Crippen molar-refractivity contribution in [3.8, 4) is 5.88 Å². The topological polar surface area (TPSA) is 52.3 Å². The van der Waals surface area contributed by atoms with E-state index in [1.165, 1.54) is 25.6 Å². The molecule has 17 heavy (non-hydrogen) atoms. The van der Waals surface area contributed by atoms with Gasteiger partial charge >= 0.3 is 0 Å². The molecule has 0 atom stereocenters. The summed E-state index contributed by atoms with van der Waals surface area (Å²) in [5, 5.41) is 4.43. The molecule has 0 radical (unpaired) electrons. The first-order valence-corrected chi connectivity index (χ1v) is 6.20. The normalized spacial score (nSPS) is 16.1. The fourth-order valence-electron chi connectivity index (χ4n) is 1.97. The van der Waals surface area contributed by atoms with Crippen molar-refractivity contribution in [3.63, 3.8) is 0 Å². The zero-order valence-electron chi connectivity index (χ0n) is 9.34. The van der Waals surface area contributed by atoms with Crippen LogP contribution in [0.1, 0.15) is 25.7 Å². The number of fused-ring (bicyclic) bond motifs is 1. The lowest BCUT2D eigenvalue weighted by Gasteiger charge is -2.24. The van der Waals surface area contributed by atoms with E-state index in [-0.39, 0.29) is 0 Å². The Morgan fingerprint density at radius 1 is 1.47 bits per heavy atom. The molecule has 0 unspecified atom stereocenters. The molecular weight excluding hydrogens is 240 g/mol. The monoisotopic (exact) mass is 252 g/mol. The van der Waals surface area contributed by atoms with Gasteiger partial charge in [-0.15, -0.1) is 0 Å². The van der Waals surface area contributed by atoms with E-state index in [1.54, 1.807) is 10.6 Å². The summed E-state index contributed by atoms with van der Waals surface area (Å²) in [6, 6.07) is 1.67. The quantitative estimate of drug-likeness (QED) is 0.784. The number of hydrogen-bond acceptors (Lipinski definition) is 4. The molecule has 0 N–H and O–H groups in total. The van der Waals surface area contributed by atoms with Gasteiger partial charge in [0.25, 0.3) is 5.78 Å². The average molecular weight is 253 g/mol. The summed E-state index contributed by atoms with van der Waals surface area (Å²) in [5.41, 5.74) is 0. The lowest BCUT2D eigenvalue weighted by Crippen LogP contribution is -2.15. The minimum absolute atomic E-state index is 0.379. The number of nitrogens with zero attached hydrogens (tertiary/aromatic N) is 4. The molecule has 6 heteroatoms. The second kappa shape index (κ2) is 4.49. The molecule has 0 saturated heterocycles. The van der Waals surface area contributed by atoms with Crippen LogP contribution in [-0.4, -0.2) is 26.2 Å². The fraction of sp³-hybridized carbons (Fsp3) is 0.545. The molecule has 1 aliphatic carbocycles. The van der Waals surface area contributed by atoms with Crippen LogP contribution < -0.4 is 4.74 Å². The lowest BCUT2D eigenvalue weighted by molar-refractivity contribution is 0.214. The smallest absolute Gasteiger partial charge is 0.256 e. The zero-order chi connectivity index (χ0) is 11.7. The van der Waals surface area contributed by atoms with Crippen LogP contribution in [-0.2, 0) is 0 Å². The second-order valence-electron chi connectivity index (χ2n) is 4.32. The Kier molecular flexibility index (Phi) is 2.84. The van der Waals surface area contributed by atoms with Crippen LogP contribution in [0.5, 0.6) is 5.88 Å². The van der Waals surface area contributed by atoms with E-state index >= 15 is 0 Å². The van der Waals surface area contributed by atoms with Crippen LogP contribution in [0.2, 0.25) is 5.15 Å². The van der Waals surface area contributed by atoms with Gasteiger partial charge in [0.15, 0.2) is 0 Å². The zero-order valence-corrected chi connectivity index (χ0v) is 10.1. The summed E-state index contributed by atoms with van der Waals surface area (Å²) in [6.45, 7) is 0.694. The summed E-state index contributed by atoms with van der Waals surface area (Å²) < 4.78 is 7.26. The molecule has 0 spiro atoms. The third-order valence-electron chi connectivity index (χ3n) is 3.19. The Balaban J connectivity index is 1.72. The summed E-state index contributed by atoms with van der Waals surface area (Å²) in [6.07, 6.45) is 6.56. The molecule has 3 rings (SSSR count). The minimum atomic E-state index is 0.379. The Bertz CT molecular complexity index is 523.